The van der Waals surface area contributed by atoms with Gasteiger partial charge in [0.25, 0.3) is 0 Å². The van der Waals surface area contributed by atoms with Crippen molar-refractivity contribution in [3.8, 4) is 0 Å². The van der Waals surface area contributed by atoms with Crippen LogP contribution in [0, 0.1) is 0 Å². The molecule has 1 aliphatic rings. The molecule has 0 aliphatic carbocycles. The van der Waals surface area contributed by atoms with Crippen molar-refractivity contribution in [2.24, 2.45) is 5.73 Å². The number of hydrogen-bond acceptors (Lipinski definition) is 4. The lowest BCUT2D eigenvalue weighted by molar-refractivity contribution is 0.0700. The van der Waals surface area contributed by atoms with E-state index in [0.717, 1.165) is 32.5 Å². The van der Waals surface area contributed by atoms with Crippen molar-refractivity contribution >= 4 is 5.69 Å². The minimum atomic E-state index is 0.240. The molecule has 1 aromatic carbocycles. The van der Waals surface area contributed by atoms with Crippen LogP contribution in [0.4, 0.5) is 5.69 Å². The molecule has 4 nitrogen and oxygen atoms in total. The average Bonchev–Trinajstić information content (AvgIpc) is 2.42. The van der Waals surface area contributed by atoms with Gasteiger partial charge in [0, 0.05) is 38.5 Å². The van der Waals surface area contributed by atoms with E-state index in [1.165, 1.54) is 11.3 Å². The van der Waals surface area contributed by atoms with Gasteiger partial charge in [-0.15, -0.1) is 0 Å². The highest BCUT2D eigenvalue weighted by molar-refractivity contribution is 5.56. The lowest BCUT2D eigenvalue weighted by Crippen LogP contribution is -2.43. The highest BCUT2D eigenvalue weighted by Crippen LogP contribution is 2.26. The number of benzene rings is 1. The molecule has 0 aromatic heterocycles. The Hall–Kier alpha value is -1.10. The van der Waals surface area contributed by atoms with Crippen LogP contribution in [0.25, 0.3) is 0 Å². The predicted molar refractivity (Wildman–Crippen MR) is 77.6 cm³/mol. The van der Waals surface area contributed by atoms with E-state index in [9.17, 15) is 0 Å². The fourth-order valence-corrected chi connectivity index (χ4v) is 2.53. The summed E-state index contributed by atoms with van der Waals surface area (Å²) in [5.74, 6) is 0. The van der Waals surface area contributed by atoms with Crippen LogP contribution in [0.3, 0.4) is 0 Å². The summed E-state index contributed by atoms with van der Waals surface area (Å²) in [7, 11) is 1.69. The van der Waals surface area contributed by atoms with Crippen molar-refractivity contribution in [2.75, 3.05) is 44.9 Å². The summed E-state index contributed by atoms with van der Waals surface area (Å²) in [5, 5.41) is 0. The van der Waals surface area contributed by atoms with Gasteiger partial charge < -0.3 is 20.1 Å². The Kier molecular flexibility index (Phi) is 5.63. The lowest BCUT2D eigenvalue weighted by atomic mass is 9.98. The number of rotatable bonds is 7. The van der Waals surface area contributed by atoms with E-state index in [1.54, 1.807) is 7.11 Å². The third kappa shape index (κ3) is 4.20. The van der Waals surface area contributed by atoms with Gasteiger partial charge in [-0.05, 0) is 24.5 Å². The van der Waals surface area contributed by atoms with E-state index in [1.807, 2.05) is 0 Å². The molecule has 0 bridgehead atoms. The van der Waals surface area contributed by atoms with E-state index in [-0.39, 0.29) is 6.04 Å². The van der Waals surface area contributed by atoms with Crippen molar-refractivity contribution in [1.29, 1.82) is 0 Å². The molecule has 4 heteroatoms. The van der Waals surface area contributed by atoms with Crippen LogP contribution >= 0.6 is 0 Å². The molecule has 2 N–H and O–H groups in total. The van der Waals surface area contributed by atoms with Gasteiger partial charge in [0.1, 0.15) is 0 Å². The first-order valence-electron chi connectivity index (χ1n) is 6.96. The zero-order valence-corrected chi connectivity index (χ0v) is 11.7. The van der Waals surface area contributed by atoms with Crippen LogP contribution in [0.2, 0.25) is 0 Å². The monoisotopic (exact) mass is 264 g/mol. The van der Waals surface area contributed by atoms with Crippen molar-refractivity contribution < 1.29 is 9.47 Å². The minimum Gasteiger partial charge on any atom is -0.382 e. The van der Waals surface area contributed by atoms with Gasteiger partial charge in [-0.2, -0.15) is 0 Å². The molecule has 1 aromatic rings. The van der Waals surface area contributed by atoms with E-state index < -0.39 is 0 Å². The SMILES string of the molecule is COCCOCCCN1CC(N)Cc2ccccc21. The summed E-state index contributed by atoms with van der Waals surface area (Å²) >= 11 is 0. The Morgan fingerprint density at radius 2 is 2.11 bits per heavy atom. The Bertz CT molecular complexity index is 384. The summed E-state index contributed by atoms with van der Waals surface area (Å²) in [4.78, 5) is 2.38. The minimum absolute atomic E-state index is 0.240. The van der Waals surface area contributed by atoms with Crippen molar-refractivity contribution in [2.45, 2.75) is 18.9 Å². The number of para-hydroxylation sites is 1. The third-order valence-electron chi connectivity index (χ3n) is 3.42. The molecule has 106 valence electrons. The number of hydrogen-bond donors (Lipinski definition) is 1. The maximum Gasteiger partial charge on any atom is 0.0700 e. The fraction of sp³-hybridized carbons (Fsp3) is 0.600. The Morgan fingerprint density at radius 3 is 2.95 bits per heavy atom. The molecule has 0 amide bonds. The van der Waals surface area contributed by atoms with Gasteiger partial charge in [0.05, 0.1) is 13.2 Å². The molecule has 0 fully saturated rings. The van der Waals surface area contributed by atoms with Gasteiger partial charge in [-0.1, -0.05) is 18.2 Å². The van der Waals surface area contributed by atoms with Crippen molar-refractivity contribution in [3.05, 3.63) is 29.8 Å². The number of ether oxygens (including phenoxy) is 2. The van der Waals surface area contributed by atoms with Gasteiger partial charge in [-0.3, -0.25) is 0 Å². The maximum atomic E-state index is 6.12. The van der Waals surface area contributed by atoms with E-state index >= 15 is 0 Å². The summed E-state index contributed by atoms with van der Waals surface area (Å²) in [5.41, 5.74) is 8.82. The average molecular weight is 264 g/mol. The quantitative estimate of drug-likeness (QED) is 0.757. The van der Waals surface area contributed by atoms with Crippen molar-refractivity contribution in [1.82, 2.24) is 0 Å². The van der Waals surface area contributed by atoms with E-state index in [2.05, 4.69) is 29.2 Å². The second-order valence-corrected chi connectivity index (χ2v) is 5.00. The molecule has 19 heavy (non-hydrogen) atoms. The molecular weight excluding hydrogens is 240 g/mol. The van der Waals surface area contributed by atoms with Gasteiger partial charge in [0.15, 0.2) is 0 Å². The zero-order valence-electron chi connectivity index (χ0n) is 11.7. The molecule has 1 atom stereocenters. The van der Waals surface area contributed by atoms with Gasteiger partial charge in [-0.25, -0.2) is 0 Å². The molecule has 0 radical (unpaired) electrons. The number of fused-ring (bicyclic) bond motifs is 1. The van der Waals surface area contributed by atoms with Crippen molar-refractivity contribution in [3.63, 3.8) is 0 Å². The molecular formula is C15H24N2O2. The van der Waals surface area contributed by atoms with Crippen LogP contribution in [-0.2, 0) is 15.9 Å². The standard InChI is InChI=1S/C15H24N2O2/c1-18-9-10-19-8-4-7-17-12-14(16)11-13-5-2-3-6-15(13)17/h2-3,5-6,14H,4,7-12,16H2,1H3. The summed E-state index contributed by atoms with van der Waals surface area (Å²) in [6.07, 6.45) is 2.00. The molecule has 1 heterocycles. The topological polar surface area (TPSA) is 47.7 Å². The maximum absolute atomic E-state index is 6.12. The summed E-state index contributed by atoms with van der Waals surface area (Å²) in [6, 6.07) is 8.79. The second kappa shape index (κ2) is 7.48. The first kappa shape index (κ1) is 14.3. The smallest absolute Gasteiger partial charge is 0.0700 e. The van der Waals surface area contributed by atoms with E-state index in [0.29, 0.717) is 13.2 Å². The highest BCUT2D eigenvalue weighted by Gasteiger charge is 2.20. The normalized spacial score (nSPS) is 18.4. The zero-order chi connectivity index (χ0) is 13.5. The molecule has 0 spiro atoms. The van der Waals surface area contributed by atoms with Gasteiger partial charge >= 0.3 is 0 Å². The van der Waals surface area contributed by atoms with Crippen LogP contribution < -0.4 is 10.6 Å². The van der Waals surface area contributed by atoms with E-state index in [4.69, 9.17) is 15.2 Å². The van der Waals surface area contributed by atoms with Gasteiger partial charge in [0.2, 0.25) is 0 Å². The molecule has 1 unspecified atom stereocenters. The summed E-state index contributed by atoms with van der Waals surface area (Å²) < 4.78 is 10.4. The second-order valence-electron chi connectivity index (χ2n) is 5.00. The number of nitrogens with zero attached hydrogens (tertiary/aromatic N) is 1. The first-order valence-corrected chi connectivity index (χ1v) is 6.96. The Morgan fingerprint density at radius 1 is 1.26 bits per heavy atom. The third-order valence-corrected chi connectivity index (χ3v) is 3.42. The number of anilines is 1. The van der Waals surface area contributed by atoms with Crippen LogP contribution in [0.1, 0.15) is 12.0 Å². The predicted octanol–water partition coefficient (Wildman–Crippen LogP) is 1.43. The molecule has 0 saturated carbocycles. The number of nitrogens with two attached hydrogens (primary N) is 1. The Labute approximate surface area is 115 Å². The van der Waals surface area contributed by atoms with Crippen LogP contribution in [0.15, 0.2) is 24.3 Å². The molecule has 0 saturated heterocycles. The first-order chi connectivity index (χ1) is 9.31. The summed E-state index contributed by atoms with van der Waals surface area (Å²) in [6.45, 7) is 4.05. The van der Waals surface area contributed by atoms with Crippen LogP contribution in [0.5, 0.6) is 0 Å². The lowest BCUT2D eigenvalue weighted by Gasteiger charge is -2.34. The Balaban J connectivity index is 1.80. The molecule has 2 rings (SSSR count). The van der Waals surface area contributed by atoms with Crippen LogP contribution in [-0.4, -0.2) is 46.1 Å². The fourth-order valence-electron chi connectivity index (χ4n) is 2.53. The largest absolute Gasteiger partial charge is 0.382 e. The molecule has 1 aliphatic heterocycles. The highest BCUT2D eigenvalue weighted by atomic mass is 16.5. The number of methoxy groups -OCH3 is 1.